The maximum atomic E-state index is 12.6. The Balaban J connectivity index is 1.48. The van der Waals surface area contributed by atoms with Crippen LogP contribution < -0.4 is 10.6 Å². The van der Waals surface area contributed by atoms with Crippen molar-refractivity contribution in [3.8, 4) is 0 Å². The van der Waals surface area contributed by atoms with Gasteiger partial charge in [-0.25, -0.2) is 14.6 Å². The number of carbonyl (C=O) groups is 3. The van der Waals surface area contributed by atoms with Crippen LogP contribution in [0.2, 0.25) is 0 Å². The van der Waals surface area contributed by atoms with E-state index in [1.54, 1.807) is 35.1 Å². The van der Waals surface area contributed by atoms with Gasteiger partial charge in [0, 0.05) is 25.5 Å². The molecule has 1 saturated heterocycles. The summed E-state index contributed by atoms with van der Waals surface area (Å²) in [5.74, 6) is -0.621. The standard InChI is InChI=1S/C23H26N6O5/c1-3-16-17(34-20(31)10-9-18(30)24-2)11-19(33-16)29-22-15(12-27-29)21(25-13-26-22)28-23(32)14-7-5-4-6-8-14/h4-8,12-13,16-17,19H,3,9-11H2,1-2H3,(H,24,30)(H,25,26,28,32)/t16-,17?,19-/m1/s1. The summed E-state index contributed by atoms with van der Waals surface area (Å²) < 4.78 is 13.3. The number of ether oxygens (including phenoxy) is 2. The first-order chi connectivity index (χ1) is 16.5. The van der Waals surface area contributed by atoms with E-state index in [0.29, 0.717) is 35.3 Å². The van der Waals surface area contributed by atoms with Crippen LogP contribution in [-0.2, 0) is 19.1 Å². The first-order valence-corrected chi connectivity index (χ1v) is 11.1. The Labute approximate surface area is 195 Å². The van der Waals surface area contributed by atoms with Crippen LogP contribution >= 0.6 is 0 Å². The predicted octanol–water partition coefficient (Wildman–Crippen LogP) is 2.21. The smallest absolute Gasteiger partial charge is 0.306 e. The zero-order chi connectivity index (χ0) is 24.1. The van der Waals surface area contributed by atoms with Crippen LogP contribution in [-0.4, -0.2) is 56.8 Å². The maximum Gasteiger partial charge on any atom is 0.306 e. The van der Waals surface area contributed by atoms with Crippen LogP contribution in [0.4, 0.5) is 5.82 Å². The summed E-state index contributed by atoms with van der Waals surface area (Å²) in [5.41, 5.74) is 0.998. The van der Waals surface area contributed by atoms with Gasteiger partial charge in [0.25, 0.3) is 5.91 Å². The summed E-state index contributed by atoms with van der Waals surface area (Å²) in [7, 11) is 1.52. The molecule has 0 bridgehead atoms. The molecule has 2 aromatic heterocycles. The molecule has 1 aliphatic rings. The van der Waals surface area contributed by atoms with Gasteiger partial charge in [-0.05, 0) is 18.6 Å². The number of esters is 1. The molecule has 0 radical (unpaired) electrons. The number of nitrogens with one attached hydrogen (secondary N) is 2. The summed E-state index contributed by atoms with van der Waals surface area (Å²) in [5, 5.41) is 10.3. The van der Waals surface area contributed by atoms with Crippen LogP contribution in [0, 0.1) is 0 Å². The first-order valence-electron chi connectivity index (χ1n) is 11.1. The molecular formula is C23H26N6O5. The fraction of sp³-hybridized carbons (Fsp3) is 0.391. The normalized spacial score (nSPS) is 19.6. The van der Waals surface area contributed by atoms with E-state index >= 15 is 0 Å². The van der Waals surface area contributed by atoms with Crippen LogP contribution in [0.15, 0.2) is 42.9 Å². The molecule has 4 rings (SSSR count). The molecule has 34 heavy (non-hydrogen) atoms. The molecule has 178 valence electrons. The third-order valence-electron chi connectivity index (χ3n) is 5.63. The summed E-state index contributed by atoms with van der Waals surface area (Å²) in [6, 6.07) is 8.83. The Hall–Kier alpha value is -3.86. The Bertz CT molecular complexity index is 1180. The molecule has 0 spiro atoms. The topological polar surface area (TPSA) is 137 Å². The quantitative estimate of drug-likeness (QED) is 0.482. The minimum atomic E-state index is -0.508. The van der Waals surface area contributed by atoms with Crippen molar-refractivity contribution in [1.29, 1.82) is 0 Å². The second kappa shape index (κ2) is 10.4. The van der Waals surface area contributed by atoms with Crippen molar-refractivity contribution in [3.05, 3.63) is 48.4 Å². The van der Waals surface area contributed by atoms with E-state index in [1.165, 1.54) is 13.4 Å². The number of fused-ring (bicyclic) bond motifs is 1. The van der Waals surface area contributed by atoms with Crippen LogP contribution in [0.25, 0.3) is 11.0 Å². The monoisotopic (exact) mass is 466 g/mol. The molecule has 2 amide bonds. The molecule has 2 N–H and O–H groups in total. The van der Waals surface area contributed by atoms with Gasteiger partial charge < -0.3 is 20.1 Å². The molecule has 3 aromatic rings. The highest BCUT2D eigenvalue weighted by molar-refractivity contribution is 6.07. The van der Waals surface area contributed by atoms with Gasteiger partial charge in [0.2, 0.25) is 5.91 Å². The van der Waals surface area contributed by atoms with Gasteiger partial charge in [0.1, 0.15) is 18.2 Å². The largest absolute Gasteiger partial charge is 0.459 e. The number of nitrogens with zero attached hydrogens (tertiary/aromatic N) is 4. The third kappa shape index (κ3) is 5.04. The first kappa shape index (κ1) is 23.3. The molecule has 0 saturated carbocycles. The fourth-order valence-corrected chi connectivity index (χ4v) is 3.85. The number of hydrogen-bond acceptors (Lipinski definition) is 8. The summed E-state index contributed by atoms with van der Waals surface area (Å²) in [6.07, 6.45) is 2.73. The molecule has 1 aromatic carbocycles. The lowest BCUT2D eigenvalue weighted by Gasteiger charge is -2.17. The van der Waals surface area contributed by atoms with Crippen molar-refractivity contribution >= 4 is 34.6 Å². The van der Waals surface area contributed by atoms with E-state index in [-0.39, 0.29) is 30.8 Å². The number of amides is 2. The van der Waals surface area contributed by atoms with Gasteiger partial charge in [0.15, 0.2) is 11.9 Å². The molecule has 11 nitrogen and oxygen atoms in total. The van der Waals surface area contributed by atoms with Gasteiger partial charge in [-0.3, -0.25) is 14.4 Å². The van der Waals surface area contributed by atoms with Gasteiger partial charge in [0.05, 0.1) is 24.1 Å². The summed E-state index contributed by atoms with van der Waals surface area (Å²) in [4.78, 5) is 44.7. The number of hydrogen-bond donors (Lipinski definition) is 2. The summed E-state index contributed by atoms with van der Waals surface area (Å²) in [6.45, 7) is 1.94. The van der Waals surface area contributed by atoms with Crippen LogP contribution in [0.3, 0.4) is 0 Å². The molecule has 11 heteroatoms. The highest BCUT2D eigenvalue weighted by Gasteiger charge is 2.39. The lowest BCUT2D eigenvalue weighted by Crippen LogP contribution is -2.27. The number of aromatic nitrogens is 4. The van der Waals surface area contributed by atoms with E-state index in [4.69, 9.17) is 9.47 Å². The second-order valence-electron chi connectivity index (χ2n) is 7.84. The van der Waals surface area contributed by atoms with E-state index in [0.717, 1.165) is 0 Å². The van der Waals surface area contributed by atoms with Crippen molar-refractivity contribution in [2.75, 3.05) is 12.4 Å². The van der Waals surface area contributed by atoms with Crippen LogP contribution in [0.5, 0.6) is 0 Å². The van der Waals surface area contributed by atoms with Crippen molar-refractivity contribution in [2.45, 2.75) is 51.0 Å². The lowest BCUT2D eigenvalue weighted by atomic mass is 10.1. The SMILES string of the molecule is CC[C@H]1O[C@@H](n2ncc3c(NC(=O)c4ccccc4)ncnc32)CC1OC(=O)CCC(=O)NC. The zero-order valence-corrected chi connectivity index (χ0v) is 18.9. The Morgan fingerprint density at radius 2 is 1.97 bits per heavy atom. The Kier molecular flexibility index (Phi) is 7.12. The highest BCUT2D eigenvalue weighted by Crippen LogP contribution is 2.34. The fourth-order valence-electron chi connectivity index (χ4n) is 3.85. The van der Waals surface area contributed by atoms with Crippen molar-refractivity contribution in [3.63, 3.8) is 0 Å². The van der Waals surface area contributed by atoms with E-state index in [9.17, 15) is 14.4 Å². The lowest BCUT2D eigenvalue weighted by molar-refractivity contribution is -0.153. The minimum absolute atomic E-state index is 0.000325. The Morgan fingerprint density at radius 1 is 1.18 bits per heavy atom. The predicted molar refractivity (Wildman–Crippen MR) is 122 cm³/mol. The number of anilines is 1. The number of carbonyl (C=O) groups excluding carboxylic acids is 3. The average Bonchev–Trinajstić information content (AvgIpc) is 3.47. The van der Waals surface area contributed by atoms with Gasteiger partial charge in [-0.1, -0.05) is 25.1 Å². The van der Waals surface area contributed by atoms with E-state index in [2.05, 4.69) is 25.7 Å². The Morgan fingerprint density at radius 3 is 2.71 bits per heavy atom. The van der Waals surface area contributed by atoms with Crippen molar-refractivity contribution in [2.24, 2.45) is 0 Å². The van der Waals surface area contributed by atoms with Gasteiger partial charge >= 0.3 is 5.97 Å². The molecule has 1 unspecified atom stereocenters. The second-order valence-corrected chi connectivity index (χ2v) is 7.84. The van der Waals surface area contributed by atoms with Gasteiger partial charge in [-0.2, -0.15) is 5.10 Å². The van der Waals surface area contributed by atoms with Crippen molar-refractivity contribution < 1.29 is 23.9 Å². The maximum absolute atomic E-state index is 12.6. The molecular weight excluding hydrogens is 440 g/mol. The average molecular weight is 466 g/mol. The molecule has 0 aliphatic carbocycles. The number of rotatable bonds is 8. The molecule has 3 heterocycles. The molecule has 3 atom stereocenters. The van der Waals surface area contributed by atoms with Gasteiger partial charge in [-0.15, -0.1) is 0 Å². The third-order valence-corrected chi connectivity index (χ3v) is 5.63. The molecule has 1 fully saturated rings. The van der Waals surface area contributed by atoms with E-state index in [1.807, 2.05) is 13.0 Å². The van der Waals surface area contributed by atoms with Crippen LogP contribution in [0.1, 0.15) is 49.2 Å². The minimum Gasteiger partial charge on any atom is -0.459 e. The summed E-state index contributed by atoms with van der Waals surface area (Å²) >= 11 is 0. The highest BCUT2D eigenvalue weighted by atomic mass is 16.6. The van der Waals surface area contributed by atoms with E-state index < -0.39 is 18.3 Å². The molecule has 1 aliphatic heterocycles. The zero-order valence-electron chi connectivity index (χ0n) is 18.9. The van der Waals surface area contributed by atoms with Crippen molar-refractivity contribution in [1.82, 2.24) is 25.1 Å². The number of benzene rings is 1.